The summed E-state index contributed by atoms with van der Waals surface area (Å²) in [6.45, 7) is 10.3. The van der Waals surface area contributed by atoms with Gasteiger partial charge in [-0.25, -0.2) is 0 Å². The minimum Gasteiger partial charge on any atom is -0.493 e. The average Bonchev–Trinajstić information content (AvgIpc) is 2.84. The molecule has 0 aliphatic carbocycles. The molecule has 0 N–H and O–H groups in total. The molecule has 0 aliphatic heterocycles. The molecule has 2 rings (SSSR count). The van der Waals surface area contributed by atoms with Gasteiger partial charge in [-0.15, -0.1) is 0 Å². The van der Waals surface area contributed by atoms with Crippen LogP contribution in [0.4, 0.5) is 0 Å². The second-order valence-corrected chi connectivity index (χ2v) is 8.16. The molecule has 0 saturated carbocycles. The van der Waals surface area contributed by atoms with Gasteiger partial charge in [0.25, 0.3) is 0 Å². The number of para-hydroxylation sites is 1. The largest absolute Gasteiger partial charge is 0.493 e. The number of aryl methyl sites for hydroxylation is 1. The van der Waals surface area contributed by atoms with Crippen LogP contribution < -0.4 is 14.2 Å². The summed E-state index contributed by atoms with van der Waals surface area (Å²) in [7, 11) is 0. The van der Waals surface area contributed by atoms with Crippen LogP contribution in [0.15, 0.2) is 42.5 Å². The van der Waals surface area contributed by atoms with Crippen LogP contribution in [-0.2, 0) is 6.42 Å². The van der Waals surface area contributed by atoms with E-state index in [1.807, 2.05) is 30.3 Å². The summed E-state index contributed by atoms with van der Waals surface area (Å²) in [5, 5.41) is 0. The first-order valence-electron chi connectivity index (χ1n) is 12.5. The van der Waals surface area contributed by atoms with Crippen molar-refractivity contribution in [3.8, 4) is 17.2 Å². The second-order valence-electron chi connectivity index (χ2n) is 8.16. The number of ketones is 1. The van der Waals surface area contributed by atoms with Gasteiger partial charge >= 0.3 is 0 Å². The van der Waals surface area contributed by atoms with E-state index in [9.17, 15) is 4.79 Å². The van der Waals surface area contributed by atoms with Crippen LogP contribution in [0.3, 0.4) is 0 Å². The van der Waals surface area contributed by atoms with Crippen molar-refractivity contribution in [3.63, 3.8) is 0 Å². The molecule has 2 aromatic rings. The van der Waals surface area contributed by atoms with Crippen molar-refractivity contribution in [2.24, 2.45) is 0 Å². The Morgan fingerprint density at radius 3 is 2.06 bits per heavy atom. The SMILES string of the molecule is CCCCOc1ccc(CC)cc1/C=C/C(=O)c1cccc(OCCCC)c1OCCCC. The predicted octanol–water partition coefficient (Wildman–Crippen LogP) is 7.68. The van der Waals surface area contributed by atoms with E-state index in [-0.39, 0.29) is 5.78 Å². The number of ether oxygens (including phenoxy) is 3. The minimum atomic E-state index is -0.108. The van der Waals surface area contributed by atoms with Crippen LogP contribution in [0.2, 0.25) is 0 Å². The number of benzene rings is 2. The summed E-state index contributed by atoms with van der Waals surface area (Å²) in [4.78, 5) is 13.2. The van der Waals surface area contributed by atoms with E-state index in [1.54, 1.807) is 6.08 Å². The van der Waals surface area contributed by atoms with Gasteiger partial charge in [0.15, 0.2) is 17.3 Å². The minimum absolute atomic E-state index is 0.108. The topological polar surface area (TPSA) is 44.8 Å². The lowest BCUT2D eigenvalue weighted by Crippen LogP contribution is -2.07. The maximum atomic E-state index is 13.2. The first kappa shape index (κ1) is 26.5. The fourth-order valence-electron chi connectivity index (χ4n) is 3.28. The zero-order valence-electron chi connectivity index (χ0n) is 20.8. The molecule has 0 aliphatic rings. The summed E-state index contributed by atoms with van der Waals surface area (Å²) >= 11 is 0. The van der Waals surface area contributed by atoms with Crippen molar-refractivity contribution in [2.45, 2.75) is 72.6 Å². The van der Waals surface area contributed by atoms with Crippen molar-refractivity contribution >= 4 is 11.9 Å². The first-order chi connectivity index (χ1) is 16.1. The Bertz CT molecular complexity index is 885. The lowest BCUT2D eigenvalue weighted by Gasteiger charge is -2.15. The standard InChI is InChI=1S/C29H40O4/c1-5-9-19-31-27-18-15-23(8-4)22-24(27)16-17-26(30)25-13-12-14-28(32-20-10-6-2)29(25)33-21-11-7-3/h12-18,22H,5-11,19-21H2,1-4H3/b17-16+. The van der Waals surface area contributed by atoms with E-state index < -0.39 is 0 Å². The molecule has 0 amide bonds. The van der Waals surface area contributed by atoms with E-state index in [0.29, 0.717) is 36.9 Å². The molecule has 4 heteroatoms. The third-order valence-corrected chi connectivity index (χ3v) is 5.40. The van der Waals surface area contributed by atoms with Crippen LogP contribution in [0.1, 0.15) is 87.7 Å². The van der Waals surface area contributed by atoms with E-state index >= 15 is 0 Å². The number of hydrogen-bond acceptors (Lipinski definition) is 4. The number of hydrogen-bond donors (Lipinski definition) is 0. The molecule has 4 nitrogen and oxygen atoms in total. The fraction of sp³-hybridized carbons (Fsp3) is 0.483. The molecule has 0 atom stereocenters. The van der Waals surface area contributed by atoms with Crippen LogP contribution in [-0.4, -0.2) is 25.6 Å². The number of unbranched alkanes of at least 4 members (excludes halogenated alkanes) is 3. The normalized spacial score (nSPS) is 11.0. The smallest absolute Gasteiger partial charge is 0.189 e. The van der Waals surface area contributed by atoms with Gasteiger partial charge < -0.3 is 14.2 Å². The van der Waals surface area contributed by atoms with E-state index in [0.717, 1.165) is 56.3 Å². The van der Waals surface area contributed by atoms with Gasteiger partial charge in [0, 0.05) is 5.56 Å². The van der Waals surface area contributed by atoms with Crippen LogP contribution >= 0.6 is 0 Å². The number of allylic oxidation sites excluding steroid dienone is 1. The van der Waals surface area contributed by atoms with Crippen molar-refractivity contribution in [1.29, 1.82) is 0 Å². The molecule has 33 heavy (non-hydrogen) atoms. The van der Waals surface area contributed by atoms with Crippen molar-refractivity contribution < 1.29 is 19.0 Å². The average molecular weight is 453 g/mol. The predicted molar refractivity (Wildman–Crippen MR) is 137 cm³/mol. The molecular weight excluding hydrogens is 412 g/mol. The lowest BCUT2D eigenvalue weighted by molar-refractivity contribution is 0.104. The van der Waals surface area contributed by atoms with Crippen LogP contribution in [0, 0.1) is 0 Å². The highest BCUT2D eigenvalue weighted by atomic mass is 16.5. The van der Waals surface area contributed by atoms with Gasteiger partial charge in [-0.1, -0.05) is 59.1 Å². The first-order valence-corrected chi connectivity index (χ1v) is 12.5. The summed E-state index contributed by atoms with van der Waals surface area (Å²) in [6.07, 6.45) is 10.4. The zero-order chi connectivity index (χ0) is 23.9. The van der Waals surface area contributed by atoms with E-state index in [2.05, 4.69) is 39.8 Å². The maximum Gasteiger partial charge on any atom is 0.189 e. The van der Waals surface area contributed by atoms with Crippen molar-refractivity contribution in [1.82, 2.24) is 0 Å². The van der Waals surface area contributed by atoms with Crippen LogP contribution in [0.5, 0.6) is 17.2 Å². The number of rotatable bonds is 16. The summed E-state index contributed by atoms with van der Waals surface area (Å²) in [5.74, 6) is 1.87. The highest BCUT2D eigenvalue weighted by molar-refractivity contribution is 6.09. The second kappa shape index (κ2) is 15.2. The number of carbonyl (C=O) groups is 1. The molecule has 0 heterocycles. The Morgan fingerprint density at radius 2 is 1.42 bits per heavy atom. The molecule has 0 spiro atoms. The highest BCUT2D eigenvalue weighted by Gasteiger charge is 2.16. The Balaban J connectivity index is 2.29. The Labute approximate surface area is 200 Å². The monoisotopic (exact) mass is 452 g/mol. The number of carbonyl (C=O) groups excluding carboxylic acids is 1. The Morgan fingerprint density at radius 1 is 0.788 bits per heavy atom. The summed E-state index contributed by atoms with van der Waals surface area (Å²) in [5.41, 5.74) is 2.65. The van der Waals surface area contributed by atoms with Crippen molar-refractivity contribution in [2.75, 3.05) is 19.8 Å². The summed E-state index contributed by atoms with van der Waals surface area (Å²) in [6, 6.07) is 11.7. The molecular formula is C29H40O4. The van der Waals surface area contributed by atoms with Gasteiger partial charge in [-0.2, -0.15) is 0 Å². The van der Waals surface area contributed by atoms with E-state index in [4.69, 9.17) is 14.2 Å². The molecule has 0 aromatic heterocycles. The van der Waals surface area contributed by atoms with Gasteiger partial charge in [-0.3, -0.25) is 4.79 Å². The van der Waals surface area contributed by atoms with Crippen molar-refractivity contribution in [3.05, 3.63) is 59.2 Å². The van der Waals surface area contributed by atoms with Gasteiger partial charge in [0.1, 0.15) is 5.75 Å². The van der Waals surface area contributed by atoms with Crippen LogP contribution in [0.25, 0.3) is 6.08 Å². The maximum absolute atomic E-state index is 13.2. The molecule has 0 fully saturated rings. The van der Waals surface area contributed by atoms with Gasteiger partial charge in [-0.05, 0) is 67.7 Å². The van der Waals surface area contributed by atoms with E-state index in [1.165, 1.54) is 5.56 Å². The molecule has 2 aromatic carbocycles. The third-order valence-electron chi connectivity index (χ3n) is 5.40. The quantitative estimate of drug-likeness (QED) is 0.149. The van der Waals surface area contributed by atoms with Gasteiger partial charge in [0.2, 0.25) is 0 Å². The Kier molecular flexibility index (Phi) is 12.2. The zero-order valence-corrected chi connectivity index (χ0v) is 20.8. The highest BCUT2D eigenvalue weighted by Crippen LogP contribution is 2.33. The summed E-state index contributed by atoms with van der Waals surface area (Å²) < 4.78 is 17.9. The fourth-order valence-corrected chi connectivity index (χ4v) is 3.28. The third kappa shape index (κ3) is 8.60. The lowest BCUT2D eigenvalue weighted by atomic mass is 10.0. The molecule has 0 saturated heterocycles. The molecule has 0 radical (unpaired) electrons. The van der Waals surface area contributed by atoms with Gasteiger partial charge in [0.05, 0.1) is 25.4 Å². The molecule has 180 valence electrons. The molecule has 0 bridgehead atoms. The molecule has 0 unspecified atom stereocenters. The Hall–Kier alpha value is -2.75.